The Balaban J connectivity index is 1.89. The Morgan fingerprint density at radius 1 is 0.967 bits per heavy atom. The normalized spacial score (nSPS) is 12.4. The molecule has 0 aliphatic carbocycles. The zero-order valence-corrected chi connectivity index (χ0v) is 18.5. The van der Waals surface area contributed by atoms with Gasteiger partial charge in [0.25, 0.3) is 5.91 Å². The zero-order chi connectivity index (χ0) is 22.3. The van der Waals surface area contributed by atoms with Gasteiger partial charge in [0.2, 0.25) is 10.0 Å². The predicted molar refractivity (Wildman–Crippen MR) is 115 cm³/mol. The third kappa shape index (κ3) is 6.67. The number of nitrogens with one attached hydrogen (secondary N) is 2. The summed E-state index contributed by atoms with van der Waals surface area (Å²) in [6.45, 7) is 6.94. The highest BCUT2D eigenvalue weighted by molar-refractivity contribution is 7.89. The van der Waals surface area contributed by atoms with E-state index >= 15 is 0 Å². The predicted octanol–water partition coefficient (Wildman–Crippen LogP) is 2.97. The fourth-order valence-electron chi connectivity index (χ4n) is 2.77. The Bertz CT molecular complexity index is 968. The standard InChI is InChI=1S/C22H28N2O5S/c1-5-17-6-8-18(9-7-17)16(4)23-21(25)14-29-22(26)19-10-12-20(13-11-19)30(27,28)24-15(2)3/h6-13,15-16,24H,5,14H2,1-4H3,(H,23,25). The number of hydrogen-bond donors (Lipinski definition) is 2. The molecule has 1 atom stereocenters. The van der Waals surface area contributed by atoms with Crippen LogP contribution in [0.25, 0.3) is 0 Å². The number of hydrogen-bond acceptors (Lipinski definition) is 5. The van der Waals surface area contributed by atoms with Crippen molar-refractivity contribution in [2.24, 2.45) is 0 Å². The Kier molecular flexibility index (Phi) is 8.14. The first-order valence-electron chi connectivity index (χ1n) is 9.80. The number of benzene rings is 2. The maximum Gasteiger partial charge on any atom is 0.338 e. The summed E-state index contributed by atoms with van der Waals surface area (Å²) in [5.74, 6) is -1.12. The molecule has 0 heterocycles. The molecule has 0 fully saturated rings. The van der Waals surface area contributed by atoms with Gasteiger partial charge in [-0.1, -0.05) is 31.2 Å². The van der Waals surface area contributed by atoms with Crippen molar-refractivity contribution in [3.8, 4) is 0 Å². The number of carbonyl (C=O) groups excluding carboxylic acids is 2. The molecule has 0 radical (unpaired) electrons. The van der Waals surface area contributed by atoms with Crippen molar-refractivity contribution in [2.75, 3.05) is 6.61 Å². The summed E-state index contributed by atoms with van der Waals surface area (Å²) in [5, 5.41) is 2.78. The molecular formula is C22H28N2O5S. The number of rotatable bonds is 9. The molecule has 1 amide bonds. The van der Waals surface area contributed by atoms with Crippen LogP contribution in [0.1, 0.15) is 55.2 Å². The molecule has 0 aliphatic heterocycles. The van der Waals surface area contributed by atoms with Gasteiger partial charge in [-0.25, -0.2) is 17.9 Å². The summed E-state index contributed by atoms with van der Waals surface area (Å²) < 4.78 is 31.7. The second kappa shape index (κ2) is 10.4. The summed E-state index contributed by atoms with van der Waals surface area (Å²) in [6, 6.07) is 12.8. The molecule has 30 heavy (non-hydrogen) atoms. The fourth-order valence-corrected chi connectivity index (χ4v) is 4.02. The van der Waals surface area contributed by atoms with Gasteiger partial charge in [0.15, 0.2) is 6.61 Å². The molecule has 0 saturated carbocycles. The zero-order valence-electron chi connectivity index (χ0n) is 17.6. The molecule has 0 saturated heterocycles. The molecule has 2 rings (SSSR count). The number of ether oxygens (including phenoxy) is 1. The van der Waals surface area contributed by atoms with Crippen LogP contribution in [0.5, 0.6) is 0 Å². The Hall–Kier alpha value is -2.71. The van der Waals surface area contributed by atoms with Crippen molar-refractivity contribution >= 4 is 21.9 Å². The Morgan fingerprint density at radius 2 is 1.57 bits per heavy atom. The topological polar surface area (TPSA) is 102 Å². The van der Waals surface area contributed by atoms with Gasteiger partial charge in [0, 0.05) is 6.04 Å². The van der Waals surface area contributed by atoms with E-state index in [0.717, 1.165) is 12.0 Å². The number of amides is 1. The average molecular weight is 433 g/mol. The molecule has 0 aliphatic rings. The summed E-state index contributed by atoms with van der Waals surface area (Å²) in [5.41, 5.74) is 2.33. The van der Waals surface area contributed by atoms with Gasteiger partial charge in [0.05, 0.1) is 16.5 Å². The van der Waals surface area contributed by atoms with E-state index in [4.69, 9.17) is 4.74 Å². The molecule has 0 bridgehead atoms. The molecule has 2 N–H and O–H groups in total. The van der Waals surface area contributed by atoms with Crippen molar-refractivity contribution in [1.29, 1.82) is 0 Å². The molecule has 8 heteroatoms. The van der Waals surface area contributed by atoms with Crippen LogP contribution < -0.4 is 10.0 Å². The van der Waals surface area contributed by atoms with Crippen LogP contribution in [0.15, 0.2) is 53.4 Å². The van der Waals surface area contributed by atoms with Crippen molar-refractivity contribution in [3.63, 3.8) is 0 Å². The van der Waals surface area contributed by atoms with Gasteiger partial charge in [-0.3, -0.25) is 4.79 Å². The van der Waals surface area contributed by atoms with Crippen LogP contribution in [-0.2, 0) is 26.0 Å². The Labute approximate surface area is 177 Å². The van der Waals surface area contributed by atoms with Gasteiger partial charge in [-0.05, 0) is 62.6 Å². The van der Waals surface area contributed by atoms with Crippen molar-refractivity contribution in [2.45, 2.75) is 51.1 Å². The molecule has 0 aromatic heterocycles. The highest BCUT2D eigenvalue weighted by Crippen LogP contribution is 2.14. The van der Waals surface area contributed by atoms with E-state index in [1.165, 1.54) is 29.8 Å². The lowest BCUT2D eigenvalue weighted by Gasteiger charge is -2.15. The maximum atomic E-state index is 12.1. The van der Waals surface area contributed by atoms with E-state index < -0.39 is 28.5 Å². The third-order valence-electron chi connectivity index (χ3n) is 4.39. The summed E-state index contributed by atoms with van der Waals surface area (Å²) in [4.78, 5) is 24.3. The summed E-state index contributed by atoms with van der Waals surface area (Å²) >= 11 is 0. The lowest BCUT2D eigenvalue weighted by atomic mass is 10.1. The van der Waals surface area contributed by atoms with E-state index in [-0.39, 0.29) is 22.5 Å². The van der Waals surface area contributed by atoms with Gasteiger partial charge in [0.1, 0.15) is 0 Å². The molecule has 162 valence electrons. The van der Waals surface area contributed by atoms with E-state index in [1.807, 2.05) is 31.2 Å². The van der Waals surface area contributed by atoms with E-state index in [9.17, 15) is 18.0 Å². The largest absolute Gasteiger partial charge is 0.452 e. The third-order valence-corrected chi connectivity index (χ3v) is 6.07. The fraction of sp³-hybridized carbons (Fsp3) is 0.364. The van der Waals surface area contributed by atoms with Crippen LogP contribution >= 0.6 is 0 Å². The first-order chi connectivity index (χ1) is 14.1. The van der Waals surface area contributed by atoms with Crippen molar-refractivity contribution < 1.29 is 22.7 Å². The minimum absolute atomic E-state index is 0.0495. The van der Waals surface area contributed by atoms with E-state index in [0.29, 0.717) is 0 Å². The average Bonchev–Trinajstić information content (AvgIpc) is 2.71. The van der Waals surface area contributed by atoms with Gasteiger partial charge >= 0.3 is 5.97 Å². The quantitative estimate of drug-likeness (QED) is 0.593. The minimum Gasteiger partial charge on any atom is -0.452 e. The molecule has 0 spiro atoms. The molecule has 2 aromatic carbocycles. The first kappa shape index (κ1) is 23.6. The van der Waals surface area contributed by atoms with Gasteiger partial charge in [-0.2, -0.15) is 0 Å². The maximum absolute atomic E-state index is 12.1. The van der Waals surface area contributed by atoms with Crippen LogP contribution in [0.4, 0.5) is 0 Å². The SMILES string of the molecule is CCc1ccc(C(C)NC(=O)COC(=O)c2ccc(S(=O)(=O)NC(C)C)cc2)cc1. The minimum atomic E-state index is -3.64. The molecule has 7 nitrogen and oxygen atoms in total. The highest BCUT2D eigenvalue weighted by Gasteiger charge is 2.17. The van der Waals surface area contributed by atoms with Crippen LogP contribution in [0.2, 0.25) is 0 Å². The van der Waals surface area contributed by atoms with Crippen molar-refractivity contribution in [3.05, 3.63) is 65.2 Å². The molecule has 1 unspecified atom stereocenters. The molecular weight excluding hydrogens is 404 g/mol. The Morgan fingerprint density at radius 3 is 2.10 bits per heavy atom. The lowest BCUT2D eigenvalue weighted by molar-refractivity contribution is -0.124. The number of esters is 1. The second-order valence-corrected chi connectivity index (χ2v) is 8.97. The van der Waals surface area contributed by atoms with Gasteiger partial charge < -0.3 is 10.1 Å². The van der Waals surface area contributed by atoms with Crippen molar-refractivity contribution in [1.82, 2.24) is 10.0 Å². The number of sulfonamides is 1. The second-order valence-electron chi connectivity index (χ2n) is 7.26. The number of carbonyl (C=O) groups is 2. The van der Waals surface area contributed by atoms with Crippen LogP contribution in [0.3, 0.4) is 0 Å². The number of aryl methyl sites for hydroxylation is 1. The van der Waals surface area contributed by atoms with Gasteiger partial charge in [-0.15, -0.1) is 0 Å². The summed E-state index contributed by atoms with van der Waals surface area (Å²) in [7, 11) is -3.64. The summed E-state index contributed by atoms with van der Waals surface area (Å²) in [6.07, 6.45) is 0.943. The van der Waals surface area contributed by atoms with Crippen LogP contribution in [-0.4, -0.2) is 32.9 Å². The highest BCUT2D eigenvalue weighted by atomic mass is 32.2. The first-order valence-corrected chi connectivity index (χ1v) is 11.3. The smallest absolute Gasteiger partial charge is 0.338 e. The van der Waals surface area contributed by atoms with E-state index in [1.54, 1.807) is 13.8 Å². The monoisotopic (exact) mass is 432 g/mol. The lowest BCUT2D eigenvalue weighted by Crippen LogP contribution is -2.31. The molecule has 2 aromatic rings. The van der Waals surface area contributed by atoms with E-state index in [2.05, 4.69) is 17.0 Å². The van der Waals surface area contributed by atoms with Crippen LogP contribution in [0, 0.1) is 0 Å².